The number of carbonyl (C=O) groups is 1. The Labute approximate surface area is 161 Å². The standard InChI is InChI=1S/C21H19NO6/c1-10(23)28-18-5-11-4-16-17(26-8-25-16)6-13(11)20-19(18)12-2-3-15-21(27-9-24-15)14(12)7-22-20/h2-4,6,18-20,22H,5,7-9H2,1H3/t18-,19-,20+/m0/s1. The molecule has 7 nitrogen and oxygen atoms in total. The second-order valence-electron chi connectivity index (χ2n) is 7.51. The summed E-state index contributed by atoms with van der Waals surface area (Å²) in [5.41, 5.74) is 4.51. The van der Waals surface area contributed by atoms with Gasteiger partial charge >= 0.3 is 5.97 Å². The average molecular weight is 381 g/mol. The van der Waals surface area contributed by atoms with Crippen LogP contribution in [0.1, 0.15) is 41.1 Å². The summed E-state index contributed by atoms with van der Waals surface area (Å²) in [5, 5.41) is 3.63. The summed E-state index contributed by atoms with van der Waals surface area (Å²) in [6, 6.07) is 8.11. The average Bonchev–Trinajstić information content (AvgIpc) is 3.34. The number of esters is 1. The van der Waals surface area contributed by atoms with Crippen LogP contribution in [0.4, 0.5) is 0 Å². The van der Waals surface area contributed by atoms with Gasteiger partial charge in [-0.2, -0.15) is 0 Å². The predicted octanol–water partition coefficient (Wildman–Crippen LogP) is 2.56. The minimum absolute atomic E-state index is 0.00970. The Morgan fingerprint density at radius 3 is 2.68 bits per heavy atom. The van der Waals surface area contributed by atoms with Gasteiger partial charge in [0, 0.05) is 37.4 Å². The molecule has 0 radical (unpaired) electrons. The van der Waals surface area contributed by atoms with Gasteiger partial charge in [-0.05, 0) is 34.9 Å². The van der Waals surface area contributed by atoms with Gasteiger partial charge in [0.05, 0.1) is 0 Å². The molecule has 2 aromatic carbocycles. The van der Waals surface area contributed by atoms with Crippen LogP contribution in [0.2, 0.25) is 0 Å². The summed E-state index contributed by atoms with van der Waals surface area (Å²) in [7, 11) is 0. The first-order valence-corrected chi connectivity index (χ1v) is 9.43. The van der Waals surface area contributed by atoms with E-state index in [1.165, 1.54) is 12.5 Å². The molecular weight excluding hydrogens is 362 g/mol. The number of nitrogens with one attached hydrogen (secondary N) is 1. The van der Waals surface area contributed by atoms with Crippen LogP contribution in [0.25, 0.3) is 0 Å². The fourth-order valence-electron chi connectivity index (χ4n) is 4.91. The van der Waals surface area contributed by atoms with Gasteiger partial charge in [-0.15, -0.1) is 0 Å². The normalized spacial score (nSPS) is 25.5. The molecular formula is C21H19NO6. The van der Waals surface area contributed by atoms with Crippen molar-refractivity contribution in [1.82, 2.24) is 5.32 Å². The number of hydrogen-bond donors (Lipinski definition) is 1. The zero-order chi connectivity index (χ0) is 18.8. The molecule has 28 heavy (non-hydrogen) atoms. The van der Waals surface area contributed by atoms with Crippen molar-refractivity contribution in [3.8, 4) is 23.0 Å². The molecule has 0 amide bonds. The van der Waals surface area contributed by atoms with E-state index < -0.39 is 0 Å². The van der Waals surface area contributed by atoms with Crippen molar-refractivity contribution in [2.75, 3.05) is 13.6 Å². The van der Waals surface area contributed by atoms with E-state index in [9.17, 15) is 4.79 Å². The molecule has 0 saturated carbocycles. The van der Waals surface area contributed by atoms with Crippen molar-refractivity contribution in [3.63, 3.8) is 0 Å². The van der Waals surface area contributed by atoms with Crippen LogP contribution in [-0.2, 0) is 22.5 Å². The molecule has 0 fully saturated rings. The molecule has 3 aliphatic heterocycles. The van der Waals surface area contributed by atoms with Crippen LogP contribution in [0, 0.1) is 0 Å². The largest absolute Gasteiger partial charge is 0.461 e. The summed E-state index contributed by atoms with van der Waals surface area (Å²) in [6.07, 6.45) is 0.352. The smallest absolute Gasteiger partial charge is 0.302 e. The number of benzene rings is 2. The first kappa shape index (κ1) is 16.1. The van der Waals surface area contributed by atoms with Gasteiger partial charge in [0.25, 0.3) is 0 Å². The maximum absolute atomic E-state index is 11.9. The second kappa shape index (κ2) is 5.78. The lowest BCUT2D eigenvalue weighted by atomic mass is 9.71. The molecule has 0 saturated heterocycles. The third kappa shape index (κ3) is 2.22. The number of rotatable bonds is 1. The summed E-state index contributed by atoms with van der Waals surface area (Å²) < 4.78 is 28.2. The van der Waals surface area contributed by atoms with Crippen LogP contribution >= 0.6 is 0 Å². The lowest BCUT2D eigenvalue weighted by molar-refractivity contribution is -0.148. The fourth-order valence-corrected chi connectivity index (χ4v) is 4.91. The Hall–Kier alpha value is -2.93. The third-order valence-corrected chi connectivity index (χ3v) is 6.00. The van der Waals surface area contributed by atoms with Crippen LogP contribution in [0.15, 0.2) is 24.3 Å². The van der Waals surface area contributed by atoms with Crippen LogP contribution in [-0.4, -0.2) is 25.7 Å². The van der Waals surface area contributed by atoms with E-state index >= 15 is 0 Å². The molecule has 7 heteroatoms. The maximum atomic E-state index is 11.9. The highest BCUT2D eigenvalue weighted by atomic mass is 16.7. The monoisotopic (exact) mass is 381 g/mol. The van der Waals surface area contributed by atoms with Gasteiger partial charge in [-0.25, -0.2) is 0 Å². The molecule has 0 bridgehead atoms. The number of ether oxygens (including phenoxy) is 5. The SMILES string of the molecule is CC(=O)O[C@H]1Cc2cc3c(cc2[C@H]2NCc4c(ccc5c4OCO5)[C@@H]12)OCO3. The number of hydrogen-bond acceptors (Lipinski definition) is 7. The Kier molecular flexibility index (Phi) is 3.32. The Morgan fingerprint density at radius 1 is 1.04 bits per heavy atom. The predicted molar refractivity (Wildman–Crippen MR) is 96.7 cm³/mol. The Morgan fingerprint density at radius 2 is 1.82 bits per heavy atom. The van der Waals surface area contributed by atoms with E-state index in [0.29, 0.717) is 13.0 Å². The first-order valence-electron chi connectivity index (χ1n) is 9.43. The van der Waals surface area contributed by atoms with E-state index in [2.05, 4.69) is 17.4 Å². The topological polar surface area (TPSA) is 75.3 Å². The Balaban J connectivity index is 1.50. The highest BCUT2D eigenvalue weighted by Gasteiger charge is 2.44. The summed E-state index contributed by atoms with van der Waals surface area (Å²) in [6.45, 7) is 2.59. The van der Waals surface area contributed by atoms with E-state index in [4.69, 9.17) is 23.7 Å². The molecule has 0 aromatic heterocycles. The van der Waals surface area contributed by atoms with Gasteiger partial charge in [-0.1, -0.05) is 6.07 Å². The summed E-state index contributed by atoms with van der Waals surface area (Å²) in [4.78, 5) is 11.9. The minimum atomic E-state index is -0.277. The lowest BCUT2D eigenvalue weighted by Crippen LogP contribution is -2.44. The number of fused-ring (bicyclic) bond motifs is 8. The van der Waals surface area contributed by atoms with Crippen molar-refractivity contribution >= 4 is 5.97 Å². The van der Waals surface area contributed by atoms with Crippen molar-refractivity contribution in [2.24, 2.45) is 0 Å². The molecule has 3 heterocycles. The molecule has 1 aliphatic carbocycles. The summed E-state index contributed by atoms with van der Waals surface area (Å²) >= 11 is 0. The van der Waals surface area contributed by atoms with E-state index in [1.807, 2.05) is 12.1 Å². The molecule has 0 unspecified atom stereocenters. The van der Waals surface area contributed by atoms with Crippen LogP contribution in [0.3, 0.4) is 0 Å². The van der Waals surface area contributed by atoms with E-state index in [-0.39, 0.29) is 37.6 Å². The van der Waals surface area contributed by atoms with Crippen molar-refractivity contribution in [3.05, 3.63) is 46.5 Å². The quantitative estimate of drug-likeness (QED) is 0.761. The van der Waals surface area contributed by atoms with E-state index in [0.717, 1.165) is 39.7 Å². The molecule has 144 valence electrons. The molecule has 0 spiro atoms. The van der Waals surface area contributed by atoms with Crippen LogP contribution in [0.5, 0.6) is 23.0 Å². The zero-order valence-corrected chi connectivity index (χ0v) is 15.3. The Bertz CT molecular complexity index is 1000. The lowest BCUT2D eigenvalue weighted by Gasteiger charge is -2.43. The van der Waals surface area contributed by atoms with Gasteiger partial charge in [0.15, 0.2) is 23.0 Å². The number of carbonyl (C=O) groups excluding carboxylic acids is 1. The highest BCUT2D eigenvalue weighted by molar-refractivity contribution is 5.67. The van der Waals surface area contributed by atoms with E-state index in [1.54, 1.807) is 0 Å². The molecule has 4 aliphatic rings. The van der Waals surface area contributed by atoms with Crippen molar-refractivity contribution < 1.29 is 28.5 Å². The minimum Gasteiger partial charge on any atom is -0.461 e. The molecule has 3 atom stereocenters. The van der Waals surface area contributed by atoms with Gasteiger partial charge in [-0.3, -0.25) is 4.79 Å². The second-order valence-corrected chi connectivity index (χ2v) is 7.51. The highest BCUT2D eigenvalue weighted by Crippen LogP contribution is 2.52. The van der Waals surface area contributed by atoms with Crippen molar-refractivity contribution in [2.45, 2.75) is 38.0 Å². The summed E-state index contributed by atoms with van der Waals surface area (Å²) in [5.74, 6) is 2.78. The van der Waals surface area contributed by atoms with Gasteiger partial charge < -0.3 is 29.0 Å². The van der Waals surface area contributed by atoms with Gasteiger partial charge in [0.2, 0.25) is 13.6 Å². The zero-order valence-electron chi connectivity index (χ0n) is 15.3. The van der Waals surface area contributed by atoms with Crippen molar-refractivity contribution in [1.29, 1.82) is 0 Å². The third-order valence-electron chi connectivity index (χ3n) is 6.00. The molecule has 1 N–H and O–H groups in total. The van der Waals surface area contributed by atoms with Crippen LogP contribution < -0.4 is 24.3 Å². The molecule has 6 rings (SSSR count). The molecule has 2 aromatic rings. The fraction of sp³-hybridized carbons (Fsp3) is 0.381. The van der Waals surface area contributed by atoms with Gasteiger partial charge in [0.1, 0.15) is 6.10 Å². The maximum Gasteiger partial charge on any atom is 0.302 e. The first-order chi connectivity index (χ1) is 13.7.